The third-order valence-electron chi connectivity index (χ3n) is 5.81. The van der Waals surface area contributed by atoms with Crippen LogP contribution in [0.4, 0.5) is 0 Å². The van der Waals surface area contributed by atoms with Crippen molar-refractivity contribution in [2.24, 2.45) is 0 Å². The Labute approximate surface area is 184 Å². The molecule has 2 aromatic carbocycles. The first-order chi connectivity index (χ1) is 14.5. The summed E-state index contributed by atoms with van der Waals surface area (Å²) in [6, 6.07) is 15.3. The van der Waals surface area contributed by atoms with E-state index < -0.39 is 6.04 Å². The molecule has 2 aromatic rings. The number of halogens is 1. The Kier molecular flexibility index (Phi) is 7.92. The standard InChI is InChI=1S/C25H31ClN2O2/c1-18-8-12-20(13-9-18)17-28(23(29)16-26)24(21-14-10-19(2)11-15-21)25(30)27-22-6-4-3-5-7-22/h8-15,22,24H,3-7,16-17H2,1-2H3,(H,27,30)/t24-/m0/s1. The first-order valence-corrected chi connectivity index (χ1v) is 11.3. The van der Waals surface area contributed by atoms with Crippen LogP contribution in [0.25, 0.3) is 0 Å². The van der Waals surface area contributed by atoms with E-state index in [0.717, 1.165) is 47.9 Å². The molecule has 1 N–H and O–H groups in total. The van der Waals surface area contributed by atoms with Crippen LogP contribution in [0.1, 0.15) is 60.4 Å². The number of benzene rings is 2. The summed E-state index contributed by atoms with van der Waals surface area (Å²) in [5.41, 5.74) is 4.04. The molecule has 5 heteroatoms. The summed E-state index contributed by atoms with van der Waals surface area (Å²) in [5, 5.41) is 3.21. The van der Waals surface area contributed by atoms with Crippen LogP contribution in [0.2, 0.25) is 0 Å². The van der Waals surface area contributed by atoms with Crippen molar-refractivity contribution in [2.75, 3.05) is 5.88 Å². The van der Waals surface area contributed by atoms with Crippen molar-refractivity contribution in [3.05, 3.63) is 70.8 Å². The van der Waals surface area contributed by atoms with E-state index in [0.29, 0.717) is 6.54 Å². The van der Waals surface area contributed by atoms with E-state index in [1.165, 1.54) is 6.42 Å². The number of amides is 2. The number of alkyl halides is 1. The number of hydrogen-bond donors (Lipinski definition) is 1. The van der Waals surface area contributed by atoms with Gasteiger partial charge in [0.1, 0.15) is 11.9 Å². The average molecular weight is 427 g/mol. The molecule has 3 rings (SSSR count). The van der Waals surface area contributed by atoms with Crippen molar-refractivity contribution >= 4 is 23.4 Å². The molecule has 1 saturated carbocycles. The third kappa shape index (κ3) is 5.85. The Morgan fingerprint density at radius 3 is 2.10 bits per heavy atom. The van der Waals surface area contributed by atoms with Gasteiger partial charge in [0.05, 0.1) is 0 Å². The van der Waals surface area contributed by atoms with Gasteiger partial charge in [-0.3, -0.25) is 9.59 Å². The number of nitrogens with zero attached hydrogens (tertiary/aromatic N) is 1. The maximum absolute atomic E-state index is 13.5. The fourth-order valence-electron chi connectivity index (χ4n) is 4.04. The van der Waals surface area contributed by atoms with Crippen LogP contribution in [0.3, 0.4) is 0 Å². The van der Waals surface area contributed by atoms with Crippen molar-refractivity contribution in [3.63, 3.8) is 0 Å². The van der Waals surface area contributed by atoms with E-state index in [9.17, 15) is 9.59 Å². The lowest BCUT2D eigenvalue weighted by Crippen LogP contribution is -2.47. The van der Waals surface area contributed by atoms with Crippen LogP contribution in [0.5, 0.6) is 0 Å². The molecule has 0 bridgehead atoms. The molecule has 0 aromatic heterocycles. The van der Waals surface area contributed by atoms with Gasteiger partial charge in [-0.15, -0.1) is 11.6 Å². The molecule has 0 aliphatic heterocycles. The molecule has 0 saturated heterocycles. The number of aryl methyl sites for hydroxylation is 2. The van der Waals surface area contributed by atoms with E-state index in [2.05, 4.69) is 5.32 Å². The van der Waals surface area contributed by atoms with Crippen LogP contribution in [0.15, 0.2) is 48.5 Å². The minimum atomic E-state index is -0.708. The lowest BCUT2D eigenvalue weighted by atomic mass is 9.94. The summed E-state index contributed by atoms with van der Waals surface area (Å²) < 4.78 is 0. The molecule has 0 spiro atoms. The molecule has 1 fully saturated rings. The fraction of sp³-hybridized carbons (Fsp3) is 0.440. The average Bonchev–Trinajstić information content (AvgIpc) is 2.76. The third-order valence-corrected chi connectivity index (χ3v) is 6.04. The highest BCUT2D eigenvalue weighted by molar-refractivity contribution is 6.27. The van der Waals surface area contributed by atoms with Crippen molar-refractivity contribution < 1.29 is 9.59 Å². The molecule has 0 radical (unpaired) electrons. The molecule has 1 aliphatic rings. The number of carbonyl (C=O) groups excluding carboxylic acids is 2. The zero-order chi connectivity index (χ0) is 21.5. The van der Waals surface area contributed by atoms with Gasteiger partial charge in [0.2, 0.25) is 11.8 Å². The van der Waals surface area contributed by atoms with Gasteiger partial charge in [-0.1, -0.05) is 78.9 Å². The highest BCUT2D eigenvalue weighted by Crippen LogP contribution is 2.26. The maximum Gasteiger partial charge on any atom is 0.247 e. The molecular weight excluding hydrogens is 396 g/mol. The summed E-state index contributed by atoms with van der Waals surface area (Å²) in [5.74, 6) is -0.539. The predicted octanol–water partition coefficient (Wildman–Crippen LogP) is 5.06. The minimum absolute atomic E-state index is 0.128. The number of hydrogen-bond acceptors (Lipinski definition) is 2. The summed E-state index contributed by atoms with van der Waals surface area (Å²) >= 11 is 5.97. The largest absolute Gasteiger partial charge is 0.351 e. The molecule has 4 nitrogen and oxygen atoms in total. The van der Waals surface area contributed by atoms with Crippen LogP contribution >= 0.6 is 11.6 Å². The number of rotatable bonds is 7. The first kappa shape index (κ1) is 22.4. The summed E-state index contributed by atoms with van der Waals surface area (Å²) in [6.07, 6.45) is 5.47. The van der Waals surface area contributed by atoms with E-state index in [-0.39, 0.29) is 23.7 Å². The summed E-state index contributed by atoms with van der Waals surface area (Å²) in [7, 11) is 0. The van der Waals surface area contributed by atoms with Crippen molar-refractivity contribution in [1.82, 2.24) is 10.2 Å². The van der Waals surface area contributed by atoms with Gasteiger partial charge in [-0.05, 0) is 37.8 Å². The van der Waals surface area contributed by atoms with E-state index in [1.54, 1.807) is 4.90 Å². The number of nitrogens with one attached hydrogen (secondary N) is 1. The van der Waals surface area contributed by atoms with Gasteiger partial charge < -0.3 is 10.2 Å². The maximum atomic E-state index is 13.5. The highest BCUT2D eigenvalue weighted by atomic mass is 35.5. The van der Waals surface area contributed by atoms with Gasteiger partial charge in [0.25, 0.3) is 0 Å². The molecule has 0 unspecified atom stereocenters. The van der Waals surface area contributed by atoms with Gasteiger partial charge >= 0.3 is 0 Å². The lowest BCUT2D eigenvalue weighted by molar-refractivity contribution is -0.140. The van der Waals surface area contributed by atoms with Crippen LogP contribution in [-0.2, 0) is 16.1 Å². The summed E-state index contributed by atoms with van der Waals surface area (Å²) in [4.78, 5) is 27.9. The van der Waals surface area contributed by atoms with Gasteiger partial charge in [0.15, 0.2) is 0 Å². The Hall–Kier alpha value is -2.33. The first-order valence-electron chi connectivity index (χ1n) is 10.8. The molecule has 1 atom stereocenters. The monoisotopic (exact) mass is 426 g/mol. The molecule has 160 valence electrons. The van der Waals surface area contributed by atoms with Gasteiger partial charge in [-0.2, -0.15) is 0 Å². The number of carbonyl (C=O) groups is 2. The van der Waals surface area contributed by atoms with Gasteiger partial charge in [0, 0.05) is 12.6 Å². The van der Waals surface area contributed by atoms with E-state index in [4.69, 9.17) is 11.6 Å². The predicted molar refractivity (Wildman–Crippen MR) is 121 cm³/mol. The zero-order valence-corrected chi connectivity index (χ0v) is 18.6. The Morgan fingerprint density at radius 1 is 0.967 bits per heavy atom. The summed E-state index contributed by atoms with van der Waals surface area (Å²) in [6.45, 7) is 4.37. The van der Waals surface area contributed by atoms with Crippen LogP contribution in [-0.4, -0.2) is 28.6 Å². The van der Waals surface area contributed by atoms with Crippen molar-refractivity contribution in [2.45, 2.75) is 64.6 Å². The lowest BCUT2D eigenvalue weighted by Gasteiger charge is -2.33. The van der Waals surface area contributed by atoms with Crippen molar-refractivity contribution in [3.8, 4) is 0 Å². The van der Waals surface area contributed by atoms with Crippen LogP contribution < -0.4 is 5.32 Å². The quantitative estimate of drug-likeness (QED) is 0.629. The topological polar surface area (TPSA) is 49.4 Å². The van der Waals surface area contributed by atoms with E-state index in [1.807, 2.05) is 62.4 Å². The smallest absolute Gasteiger partial charge is 0.247 e. The highest BCUT2D eigenvalue weighted by Gasteiger charge is 2.32. The molecular formula is C25H31ClN2O2. The Morgan fingerprint density at radius 2 is 1.53 bits per heavy atom. The molecule has 1 aliphatic carbocycles. The van der Waals surface area contributed by atoms with Crippen LogP contribution in [0, 0.1) is 13.8 Å². The molecule has 2 amide bonds. The van der Waals surface area contributed by atoms with E-state index >= 15 is 0 Å². The normalized spacial score (nSPS) is 15.4. The second-order valence-corrected chi connectivity index (χ2v) is 8.56. The van der Waals surface area contributed by atoms with Crippen molar-refractivity contribution in [1.29, 1.82) is 0 Å². The zero-order valence-electron chi connectivity index (χ0n) is 17.9. The van der Waals surface area contributed by atoms with Gasteiger partial charge in [-0.25, -0.2) is 0 Å². The SMILES string of the molecule is Cc1ccc(CN(C(=O)CCl)[C@H](C(=O)NC2CCCCC2)c2ccc(C)cc2)cc1. The fourth-order valence-corrected chi connectivity index (χ4v) is 4.19. The minimum Gasteiger partial charge on any atom is -0.351 e. The Balaban J connectivity index is 1.92. The molecule has 0 heterocycles. The second-order valence-electron chi connectivity index (χ2n) is 8.30. The second kappa shape index (κ2) is 10.6. The Bertz CT molecular complexity index is 842. The molecule has 30 heavy (non-hydrogen) atoms.